The lowest BCUT2D eigenvalue weighted by molar-refractivity contribution is -0.130. The molecule has 0 spiro atoms. The van der Waals surface area contributed by atoms with E-state index >= 15 is 0 Å². The number of rotatable bonds is 18. The third kappa shape index (κ3) is 11.8. The molecule has 52 heavy (non-hydrogen) atoms. The van der Waals surface area contributed by atoms with Crippen LogP contribution in [0.3, 0.4) is 0 Å². The van der Waals surface area contributed by atoms with E-state index in [4.69, 9.17) is 27.7 Å². The maximum atomic E-state index is 13.8. The van der Waals surface area contributed by atoms with E-state index in [-0.39, 0.29) is 52.9 Å². The third-order valence-corrected chi connectivity index (χ3v) is 8.11. The molecule has 0 unspecified atom stereocenters. The second kappa shape index (κ2) is 19.3. The van der Waals surface area contributed by atoms with E-state index in [1.165, 1.54) is 43.3 Å². The summed E-state index contributed by atoms with van der Waals surface area (Å²) in [5, 5.41) is 25.5. The molecule has 0 aliphatic heterocycles. The topological polar surface area (TPSA) is 262 Å². The van der Waals surface area contributed by atoms with Crippen molar-refractivity contribution in [3.05, 3.63) is 82.9 Å². The highest BCUT2D eigenvalue weighted by Gasteiger charge is 2.28. The Morgan fingerprint density at radius 3 is 2.19 bits per heavy atom. The molecule has 3 rings (SSSR count). The number of hydrogen-bond acceptors (Lipinski definition) is 10. The molecule has 3 aromatic rings. The Morgan fingerprint density at radius 1 is 0.904 bits per heavy atom. The van der Waals surface area contributed by atoms with E-state index in [1.54, 1.807) is 24.3 Å². The van der Waals surface area contributed by atoms with Gasteiger partial charge in [0.2, 0.25) is 11.8 Å². The number of unbranched alkanes of at least 4 members (excludes halogenated alkanes) is 1. The van der Waals surface area contributed by atoms with Crippen LogP contribution in [0, 0.1) is 0 Å². The smallest absolute Gasteiger partial charge is 0.339 e. The molecular weight excluding hydrogens is 668 g/mol. The number of phenolic OH excluding ortho intramolecular Hbond substituents is 2. The van der Waals surface area contributed by atoms with Crippen molar-refractivity contribution >= 4 is 47.1 Å². The summed E-state index contributed by atoms with van der Waals surface area (Å²) in [5.41, 5.74) is 24.3. The van der Waals surface area contributed by atoms with Crippen molar-refractivity contribution in [2.75, 3.05) is 24.5 Å². The fraction of sp³-hybridized carbons (Fsp3) is 0.324. The number of ether oxygens (including phenoxy) is 1. The monoisotopic (exact) mass is 716 g/mol. The van der Waals surface area contributed by atoms with Gasteiger partial charge in [0, 0.05) is 42.4 Å². The first kappa shape index (κ1) is 40.3. The molecule has 0 heterocycles. The number of amides is 3. The summed E-state index contributed by atoms with van der Waals surface area (Å²) in [6, 6.07) is 13.0. The maximum Gasteiger partial charge on any atom is 0.339 e. The van der Waals surface area contributed by atoms with Crippen LogP contribution >= 0.6 is 0 Å². The van der Waals surface area contributed by atoms with E-state index in [2.05, 4.69) is 20.5 Å². The van der Waals surface area contributed by atoms with Gasteiger partial charge in [-0.25, -0.2) is 9.79 Å². The highest BCUT2D eigenvalue weighted by atomic mass is 16.5. The molecule has 0 fully saturated rings. The Bertz CT molecular complexity index is 1780. The molecule has 3 amide bonds. The molecular formula is C37H48N8O7. The number of primary amides is 1. The summed E-state index contributed by atoms with van der Waals surface area (Å²) in [6.07, 6.45) is 2.66. The molecule has 15 nitrogen and oxygen atoms in total. The van der Waals surface area contributed by atoms with Crippen LogP contribution < -0.4 is 43.2 Å². The van der Waals surface area contributed by atoms with Gasteiger partial charge in [0.1, 0.15) is 29.3 Å². The molecule has 0 bridgehead atoms. The first-order valence-electron chi connectivity index (χ1n) is 16.9. The van der Waals surface area contributed by atoms with Crippen molar-refractivity contribution in [3.8, 4) is 17.2 Å². The molecule has 0 saturated heterocycles. The van der Waals surface area contributed by atoms with Crippen LogP contribution in [0.5, 0.6) is 17.2 Å². The number of carbonyl (C=O) groups excluding carboxylic acids is 4. The van der Waals surface area contributed by atoms with Crippen LogP contribution in [0.25, 0.3) is 6.08 Å². The lowest BCUT2D eigenvalue weighted by Crippen LogP contribution is -2.53. The Labute approximate surface area is 302 Å². The number of esters is 1. The van der Waals surface area contributed by atoms with Gasteiger partial charge in [-0.15, -0.1) is 0 Å². The van der Waals surface area contributed by atoms with Crippen molar-refractivity contribution in [1.29, 1.82) is 0 Å². The number of anilines is 1. The van der Waals surface area contributed by atoms with Crippen LogP contribution in [-0.2, 0) is 20.8 Å². The predicted molar refractivity (Wildman–Crippen MR) is 200 cm³/mol. The standard InChI is InChI=1S/C37H48N8O7/c1-4-45(5-2)26-13-11-24(31(47)21-26)18-22(3)36(51)52-32-16-12-25(42-37(40)41)20-28(32)34(49)43-29(8-6-7-17-38)35(50)44-30(33(39)48)19-23-9-14-27(46)15-10-23/h9-16,18,20-21,29-30,46-47H,4-8,17,19,38H2,1-3H3,(H2,39,48)(H,43,49)(H,44,50)(H4,40,41,42)/b22-18+/t29-,30-/m0/s1. The zero-order valence-corrected chi connectivity index (χ0v) is 29.6. The van der Waals surface area contributed by atoms with Gasteiger partial charge in [-0.3, -0.25) is 14.4 Å². The van der Waals surface area contributed by atoms with Gasteiger partial charge >= 0.3 is 5.97 Å². The van der Waals surface area contributed by atoms with Gasteiger partial charge in [-0.05, 0) is 101 Å². The third-order valence-electron chi connectivity index (χ3n) is 8.11. The van der Waals surface area contributed by atoms with Crippen LogP contribution in [0.4, 0.5) is 11.4 Å². The normalized spacial score (nSPS) is 12.3. The summed E-state index contributed by atoms with van der Waals surface area (Å²) in [7, 11) is 0. The highest BCUT2D eigenvalue weighted by Crippen LogP contribution is 2.29. The number of aliphatic imine (C=N–C) groups is 1. The number of nitrogens with zero attached hydrogens (tertiary/aromatic N) is 2. The zero-order valence-electron chi connectivity index (χ0n) is 29.6. The van der Waals surface area contributed by atoms with E-state index in [1.807, 2.05) is 19.9 Å². The molecule has 278 valence electrons. The van der Waals surface area contributed by atoms with E-state index in [0.29, 0.717) is 30.5 Å². The minimum Gasteiger partial charge on any atom is -0.508 e. The lowest BCUT2D eigenvalue weighted by Gasteiger charge is -2.22. The lowest BCUT2D eigenvalue weighted by atomic mass is 10.0. The molecule has 0 radical (unpaired) electrons. The molecule has 12 N–H and O–H groups in total. The van der Waals surface area contributed by atoms with Gasteiger partial charge in [0.05, 0.1) is 11.3 Å². The Morgan fingerprint density at radius 2 is 1.60 bits per heavy atom. The number of benzene rings is 3. The summed E-state index contributed by atoms with van der Waals surface area (Å²) < 4.78 is 5.64. The first-order chi connectivity index (χ1) is 24.8. The number of guanidine groups is 1. The Hall–Kier alpha value is -6.09. The average molecular weight is 717 g/mol. The second-order valence-electron chi connectivity index (χ2n) is 12.0. The fourth-order valence-electron chi connectivity index (χ4n) is 5.28. The molecule has 2 atom stereocenters. The number of hydrogen-bond donors (Lipinski definition) is 8. The molecule has 0 saturated carbocycles. The number of nitrogens with two attached hydrogens (primary N) is 4. The number of phenols is 2. The number of aromatic hydroxyl groups is 2. The average Bonchev–Trinajstić information content (AvgIpc) is 3.10. The maximum absolute atomic E-state index is 13.8. The molecule has 3 aromatic carbocycles. The van der Waals surface area contributed by atoms with Gasteiger partial charge < -0.3 is 53.4 Å². The summed E-state index contributed by atoms with van der Waals surface area (Å²) in [6.45, 7) is 7.36. The fourth-order valence-corrected chi connectivity index (χ4v) is 5.28. The number of nitrogens with one attached hydrogen (secondary N) is 2. The summed E-state index contributed by atoms with van der Waals surface area (Å²) >= 11 is 0. The SMILES string of the molecule is CCN(CC)c1ccc(/C=C(\C)C(=O)Oc2ccc(N=C(N)N)cc2C(=O)N[C@@H](CCCCN)C(=O)N[C@@H](Cc2ccc(O)cc2)C(N)=O)c(O)c1. The van der Waals surface area contributed by atoms with Crippen molar-refractivity contribution in [1.82, 2.24) is 10.6 Å². The van der Waals surface area contributed by atoms with Gasteiger partial charge in [-0.2, -0.15) is 0 Å². The predicted octanol–water partition coefficient (Wildman–Crippen LogP) is 2.30. The minimum atomic E-state index is -1.15. The van der Waals surface area contributed by atoms with Crippen LogP contribution in [0.15, 0.2) is 71.2 Å². The van der Waals surface area contributed by atoms with Crippen LogP contribution in [0.1, 0.15) is 61.5 Å². The van der Waals surface area contributed by atoms with Gasteiger partial charge in [0.25, 0.3) is 5.91 Å². The molecule has 0 aliphatic carbocycles. The second-order valence-corrected chi connectivity index (χ2v) is 12.0. The van der Waals surface area contributed by atoms with Crippen LogP contribution in [-0.4, -0.2) is 71.6 Å². The van der Waals surface area contributed by atoms with Gasteiger partial charge in [0.15, 0.2) is 5.96 Å². The van der Waals surface area contributed by atoms with Crippen LogP contribution in [0.2, 0.25) is 0 Å². The van der Waals surface area contributed by atoms with Crippen molar-refractivity contribution < 1.29 is 34.1 Å². The molecule has 0 aliphatic rings. The quantitative estimate of drug-likeness (QED) is 0.0236. The minimum absolute atomic E-state index is 0.0289. The van der Waals surface area contributed by atoms with Crippen molar-refractivity contribution in [2.24, 2.45) is 27.9 Å². The van der Waals surface area contributed by atoms with Crippen molar-refractivity contribution in [3.63, 3.8) is 0 Å². The molecule has 0 aromatic heterocycles. The molecule has 15 heteroatoms. The first-order valence-corrected chi connectivity index (χ1v) is 16.9. The number of carbonyl (C=O) groups is 4. The summed E-state index contributed by atoms with van der Waals surface area (Å²) in [4.78, 5) is 59.0. The zero-order chi connectivity index (χ0) is 38.4. The largest absolute Gasteiger partial charge is 0.508 e. The Kier molecular flexibility index (Phi) is 15.0. The van der Waals surface area contributed by atoms with Gasteiger partial charge in [-0.1, -0.05) is 12.1 Å². The Balaban J connectivity index is 1.89. The van der Waals surface area contributed by atoms with Crippen molar-refractivity contribution in [2.45, 2.75) is 58.5 Å². The summed E-state index contributed by atoms with van der Waals surface area (Å²) in [5.74, 6) is -3.54. The van der Waals surface area contributed by atoms with E-state index in [9.17, 15) is 29.4 Å². The highest BCUT2D eigenvalue weighted by molar-refractivity contribution is 6.03. The van der Waals surface area contributed by atoms with E-state index < -0.39 is 35.8 Å². The van der Waals surface area contributed by atoms with E-state index in [0.717, 1.165) is 18.8 Å².